The Balaban J connectivity index is 1.65. The number of amides is 1. The number of likely N-dealkylation sites (tertiary alicyclic amines) is 1. The van der Waals surface area contributed by atoms with Gasteiger partial charge in [0.05, 0.1) is 13.2 Å². The molecule has 0 aromatic rings. The van der Waals surface area contributed by atoms with Gasteiger partial charge in [-0.15, -0.1) is 0 Å². The topological polar surface area (TPSA) is 57.2 Å². The Labute approximate surface area is 139 Å². The van der Waals surface area contributed by atoms with Gasteiger partial charge in [0.15, 0.2) is 5.79 Å². The number of rotatable bonds is 6. The highest BCUT2D eigenvalue weighted by Crippen LogP contribution is 2.25. The highest BCUT2D eigenvalue weighted by atomic mass is 16.7. The molecular formula is C17H31NO5. The molecule has 0 radical (unpaired) electrons. The molecule has 134 valence electrons. The van der Waals surface area contributed by atoms with E-state index < -0.39 is 11.4 Å². The Morgan fingerprint density at radius 2 is 1.96 bits per heavy atom. The summed E-state index contributed by atoms with van der Waals surface area (Å²) in [4.78, 5) is 13.9. The van der Waals surface area contributed by atoms with E-state index in [1.807, 2.05) is 27.7 Å². The Morgan fingerprint density at radius 3 is 2.61 bits per heavy atom. The summed E-state index contributed by atoms with van der Waals surface area (Å²) >= 11 is 0. The first kappa shape index (κ1) is 18.5. The van der Waals surface area contributed by atoms with E-state index in [0.717, 1.165) is 32.1 Å². The first-order chi connectivity index (χ1) is 10.8. The van der Waals surface area contributed by atoms with Crippen molar-refractivity contribution in [2.75, 3.05) is 26.4 Å². The van der Waals surface area contributed by atoms with Crippen molar-refractivity contribution < 1.29 is 23.7 Å². The van der Waals surface area contributed by atoms with E-state index in [2.05, 4.69) is 0 Å². The third kappa shape index (κ3) is 5.94. The van der Waals surface area contributed by atoms with E-state index in [1.54, 1.807) is 4.90 Å². The van der Waals surface area contributed by atoms with Gasteiger partial charge < -0.3 is 18.9 Å². The molecular weight excluding hydrogens is 298 g/mol. The van der Waals surface area contributed by atoms with Crippen LogP contribution < -0.4 is 0 Å². The van der Waals surface area contributed by atoms with Gasteiger partial charge >= 0.3 is 6.09 Å². The van der Waals surface area contributed by atoms with Gasteiger partial charge in [0, 0.05) is 19.6 Å². The summed E-state index contributed by atoms with van der Waals surface area (Å²) in [6.45, 7) is 10.3. The summed E-state index contributed by atoms with van der Waals surface area (Å²) in [7, 11) is 0. The Kier molecular flexibility index (Phi) is 6.28. The number of unbranched alkanes of at least 4 members (excludes halogenated alkanes) is 1. The molecule has 2 saturated heterocycles. The van der Waals surface area contributed by atoms with Crippen molar-refractivity contribution in [3.8, 4) is 0 Å². The van der Waals surface area contributed by atoms with Gasteiger partial charge in [-0.1, -0.05) is 0 Å². The molecule has 0 saturated carbocycles. The van der Waals surface area contributed by atoms with Crippen LogP contribution in [0.2, 0.25) is 0 Å². The normalized spacial score (nSPS) is 24.2. The molecule has 0 aromatic carbocycles. The molecule has 2 rings (SSSR count). The van der Waals surface area contributed by atoms with Crippen molar-refractivity contribution >= 4 is 6.09 Å². The lowest BCUT2D eigenvalue weighted by molar-refractivity contribution is -0.148. The fourth-order valence-electron chi connectivity index (χ4n) is 2.91. The van der Waals surface area contributed by atoms with Crippen LogP contribution >= 0.6 is 0 Å². The predicted molar refractivity (Wildman–Crippen MR) is 86.1 cm³/mol. The SMILES string of the molecule is CC(C)(C)OC(=O)N1CCCC1OCCCCC1(C)OCCO1. The van der Waals surface area contributed by atoms with Crippen LogP contribution in [0, 0.1) is 0 Å². The molecule has 2 fully saturated rings. The number of carbonyl (C=O) groups is 1. The second-order valence-electron chi connectivity index (χ2n) is 7.43. The Bertz CT molecular complexity index is 387. The molecule has 6 heteroatoms. The summed E-state index contributed by atoms with van der Waals surface area (Å²) in [6.07, 6.45) is 4.19. The molecule has 1 unspecified atom stereocenters. The van der Waals surface area contributed by atoms with Gasteiger partial charge in [0.25, 0.3) is 0 Å². The molecule has 0 aliphatic carbocycles. The summed E-state index contributed by atoms with van der Waals surface area (Å²) < 4.78 is 22.5. The van der Waals surface area contributed by atoms with Crippen molar-refractivity contribution in [3.63, 3.8) is 0 Å². The fourth-order valence-corrected chi connectivity index (χ4v) is 2.91. The standard InChI is InChI=1S/C17H31NO5/c1-16(2,3)23-15(19)18-10-7-8-14(18)20-11-6-5-9-17(4)21-12-13-22-17/h14H,5-13H2,1-4H3. The van der Waals surface area contributed by atoms with Gasteiger partial charge in [0.1, 0.15) is 11.8 Å². The highest BCUT2D eigenvalue weighted by Gasteiger charge is 2.33. The molecule has 0 spiro atoms. The Morgan fingerprint density at radius 1 is 1.26 bits per heavy atom. The van der Waals surface area contributed by atoms with Crippen molar-refractivity contribution in [3.05, 3.63) is 0 Å². The first-order valence-electron chi connectivity index (χ1n) is 8.68. The van der Waals surface area contributed by atoms with E-state index >= 15 is 0 Å². The molecule has 0 aromatic heterocycles. The van der Waals surface area contributed by atoms with Crippen LogP contribution in [0.3, 0.4) is 0 Å². The van der Waals surface area contributed by atoms with Crippen molar-refractivity contribution in [1.29, 1.82) is 0 Å². The van der Waals surface area contributed by atoms with Gasteiger partial charge in [-0.3, -0.25) is 4.90 Å². The molecule has 1 atom stereocenters. The average molecular weight is 329 g/mol. The van der Waals surface area contributed by atoms with Crippen LogP contribution in [0.15, 0.2) is 0 Å². The minimum atomic E-state index is -0.471. The molecule has 2 heterocycles. The number of nitrogens with zero attached hydrogens (tertiary/aromatic N) is 1. The molecule has 6 nitrogen and oxygen atoms in total. The molecule has 0 bridgehead atoms. The average Bonchev–Trinajstić information content (AvgIpc) is 3.06. The van der Waals surface area contributed by atoms with E-state index in [0.29, 0.717) is 26.4 Å². The Hall–Kier alpha value is -0.850. The lowest BCUT2D eigenvalue weighted by Gasteiger charge is -2.28. The monoisotopic (exact) mass is 329 g/mol. The van der Waals surface area contributed by atoms with Crippen LogP contribution in [0.4, 0.5) is 4.79 Å². The minimum absolute atomic E-state index is 0.153. The molecule has 0 N–H and O–H groups in total. The molecule has 2 aliphatic rings. The van der Waals surface area contributed by atoms with Crippen LogP contribution in [0.25, 0.3) is 0 Å². The number of hydrogen-bond donors (Lipinski definition) is 0. The molecule has 23 heavy (non-hydrogen) atoms. The number of ether oxygens (including phenoxy) is 4. The van der Waals surface area contributed by atoms with E-state index in [4.69, 9.17) is 18.9 Å². The van der Waals surface area contributed by atoms with Gasteiger partial charge in [0.2, 0.25) is 0 Å². The van der Waals surface area contributed by atoms with E-state index in [9.17, 15) is 4.79 Å². The number of carbonyl (C=O) groups excluding carboxylic acids is 1. The maximum Gasteiger partial charge on any atom is 0.412 e. The zero-order valence-electron chi connectivity index (χ0n) is 14.9. The summed E-state index contributed by atoms with van der Waals surface area (Å²) in [6, 6.07) is 0. The lowest BCUT2D eigenvalue weighted by Crippen LogP contribution is -2.41. The predicted octanol–water partition coefficient (Wildman–Crippen LogP) is 3.29. The lowest BCUT2D eigenvalue weighted by atomic mass is 10.1. The van der Waals surface area contributed by atoms with Crippen LogP contribution in [0.5, 0.6) is 0 Å². The van der Waals surface area contributed by atoms with Gasteiger partial charge in [-0.05, 0) is 53.4 Å². The third-order valence-electron chi connectivity index (χ3n) is 4.06. The summed E-state index contributed by atoms with van der Waals surface area (Å²) in [5, 5.41) is 0. The summed E-state index contributed by atoms with van der Waals surface area (Å²) in [5.74, 6) is -0.421. The van der Waals surface area contributed by atoms with Crippen LogP contribution in [-0.2, 0) is 18.9 Å². The van der Waals surface area contributed by atoms with Crippen LogP contribution in [0.1, 0.15) is 59.8 Å². The van der Waals surface area contributed by atoms with E-state index in [-0.39, 0.29) is 12.3 Å². The highest BCUT2D eigenvalue weighted by molar-refractivity contribution is 5.68. The van der Waals surface area contributed by atoms with Gasteiger partial charge in [-0.25, -0.2) is 4.79 Å². The maximum absolute atomic E-state index is 12.2. The van der Waals surface area contributed by atoms with Gasteiger partial charge in [-0.2, -0.15) is 0 Å². The fraction of sp³-hybridized carbons (Fsp3) is 0.941. The van der Waals surface area contributed by atoms with Crippen molar-refractivity contribution in [2.24, 2.45) is 0 Å². The maximum atomic E-state index is 12.2. The zero-order valence-corrected chi connectivity index (χ0v) is 14.9. The van der Waals surface area contributed by atoms with Crippen molar-refractivity contribution in [1.82, 2.24) is 4.90 Å². The molecule has 2 aliphatic heterocycles. The summed E-state index contributed by atoms with van der Waals surface area (Å²) in [5.41, 5.74) is -0.471. The second-order valence-corrected chi connectivity index (χ2v) is 7.43. The minimum Gasteiger partial charge on any atom is -0.444 e. The zero-order chi connectivity index (χ0) is 16.9. The smallest absolute Gasteiger partial charge is 0.412 e. The first-order valence-corrected chi connectivity index (χ1v) is 8.68. The van der Waals surface area contributed by atoms with Crippen molar-refractivity contribution in [2.45, 2.75) is 77.4 Å². The largest absolute Gasteiger partial charge is 0.444 e. The third-order valence-corrected chi connectivity index (χ3v) is 4.06. The van der Waals surface area contributed by atoms with Crippen LogP contribution in [-0.4, -0.2) is 55.0 Å². The van der Waals surface area contributed by atoms with E-state index in [1.165, 1.54) is 0 Å². The molecule has 1 amide bonds. The number of hydrogen-bond acceptors (Lipinski definition) is 5. The quantitative estimate of drug-likeness (QED) is 0.700. The second kappa shape index (κ2) is 7.81.